The van der Waals surface area contributed by atoms with E-state index in [1.165, 1.54) is 37.9 Å². The Balaban J connectivity index is 1.15. The summed E-state index contributed by atoms with van der Waals surface area (Å²) < 4.78 is 2.12. The second-order valence-corrected chi connectivity index (χ2v) is 10.4. The van der Waals surface area contributed by atoms with E-state index in [0.29, 0.717) is 12.0 Å². The first-order valence-electron chi connectivity index (χ1n) is 13.2. The van der Waals surface area contributed by atoms with E-state index < -0.39 is 0 Å². The molecule has 0 saturated carbocycles. The fraction of sp³-hybridized carbons (Fsp3) is 0.630. The van der Waals surface area contributed by atoms with Gasteiger partial charge in [0.1, 0.15) is 12.2 Å². The molecule has 0 unspecified atom stereocenters. The molecule has 4 rings (SSSR count). The van der Waals surface area contributed by atoms with Crippen molar-refractivity contribution < 1.29 is 9.59 Å². The van der Waals surface area contributed by atoms with Crippen LogP contribution in [0.3, 0.4) is 0 Å². The minimum Gasteiger partial charge on any atom is -0.343 e. The second-order valence-electron chi connectivity index (χ2n) is 10.4. The molecule has 1 aromatic carbocycles. The van der Waals surface area contributed by atoms with E-state index in [0.717, 1.165) is 50.4 Å². The molecule has 2 fully saturated rings. The van der Waals surface area contributed by atoms with Gasteiger partial charge in [-0.3, -0.25) is 14.5 Å². The van der Waals surface area contributed by atoms with Gasteiger partial charge in [-0.15, -0.1) is 10.2 Å². The van der Waals surface area contributed by atoms with Crippen molar-refractivity contribution in [3.05, 3.63) is 42.0 Å². The predicted octanol–water partition coefficient (Wildman–Crippen LogP) is 4.04. The molecule has 0 bridgehead atoms. The monoisotopic (exact) mass is 480 g/mol. The van der Waals surface area contributed by atoms with Crippen molar-refractivity contribution in [3.8, 4) is 0 Å². The van der Waals surface area contributed by atoms with Crippen molar-refractivity contribution in [2.45, 2.75) is 77.8 Å². The molecule has 2 aliphatic rings. The predicted molar refractivity (Wildman–Crippen MR) is 137 cm³/mol. The average molecular weight is 481 g/mol. The van der Waals surface area contributed by atoms with Crippen LogP contribution in [0.25, 0.3) is 0 Å². The van der Waals surface area contributed by atoms with Gasteiger partial charge in [0.25, 0.3) is 0 Å². The van der Waals surface area contributed by atoms with Crippen LogP contribution in [0, 0.1) is 5.92 Å². The average Bonchev–Trinajstić information content (AvgIpc) is 3.33. The number of carbonyl (C=O) groups is 2. The Hall–Kier alpha value is -2.74. The van der Waals surface area contributed by atoms with Crippen molar-refractivity contribution >= 4 is 17.5 Å². The number of aromatic nitrogens is 3. The minimum atomic E-state index is -0.106. The van der Waals surface area contributed by atoms with Gasteiger partial charge in [0.05, 0.1) is 0 Å². The van der Waals surface area contributed by atoms with E-state index in [2.05, 4.69) is 51.0 Å². The molecule has 0 radical (unpaired) electrons. The molecule has 8 nitrogen and oxygen atoms in total. The Bertz CT molecular complexity index is 956. The van der Waals surface area contributed by atoms with Gasteiger partial charge < -0.3 is 14.8 Å². The lowest BCUT2D eigenvalue weighted by Crippen LogP contribution is -2.39. The molecule has 2 saturated heterocycles. The van der Waals surface area contributed by atoms with Gasteiger partial charge in [-0.1, -0.05) is 18.6 Å². The van der Waals surface area contributed by atoms with E-state index in [-0.39, 0.29) is 24.7 Å². The van der Waals surface area contributed by atoms with Crippen LogP contribution in [-0.4, -0.2) is 62.6 Å². The quantitative estimate of drug-likeness (QED) is 0.586. The van der Waals surface area contributed by atoms with Gasteiger partial charge in [-0.05, 0) is 76.2 Å². The number of rotatable bonds is 9. The second kappa shape index (κ2) is 12.3. The number of carbonyl (C=O) groups excluding carboxylic acids is 2. The summed E-state index contributed by atoms with van der Waals surface area (Å²) in [5, 5.41) is 11.3. The first kappa shape index (κ1) is 25.4. The molecule has 35 heavy (non-hydrogen) atoms. The number of amides is 2. The molecule has 1 aromatic heterocycles. The minimum absolute atomic E-state index is 0.0702. The van der Waals surface area contributed by atoms with Crippen LogP contribution in [0.4, 0.5) is 5.69 Å². The third-order valence-corrected chi connectivity index (χ3v) is 7.30. The molecule has 3 heterocycles. The van der Waals surface area contributed by atoms with Crippen molar-refractivity contribution in [2.75, 3.05) is 31.5 Å². The van der Waals surface area contributed by atoms with Gasteiger partial charge in [-0.25, -0.2) is 0 Å². The van der Waals surface area contributed by atoms with Crippen molar-refractivity contribution in [1.82, 2.24) is 24.6 Å². The summed E-state index contributed by atoms with van der Waals surface area (Å²) in [7, 11) is 0. The Kier molecular flexibility index (Phi) is 8.90. The molecule has 2 amide bonds. The molecule has 8 heteroatoms. The molecule has 2 aromatic rings. The Morgan fingerprint density at radius 3 is 2.40 bits per heavy atom. The van der Waals surface area contributed by atoms with Gasteiger partial charge >= 0.3 is 0 Å². The molecule has 0 atom stereocenters. The first-order chi connectivity index (χ1) is 17.0. The summed E-state index contributed by atoms with van der Waals surface area (Å²) >= 11 is 0. The molecule has 0 aliphatic carbocycles. The number of nitrogens with one attached hydrogen (secondary N) is 1. The van der Waals surface area contributed by atoms with Crippen LogP contribution in [-0.2, 0) is 22.6 Å². The highest BCUT2D eigenvalue weighted by atomic mass is 16.2. The summed E-state index contributed by atoms with van der Waals surface area (Å²) in [4.78, 5) is 29.5. The fourth-order valence-electron chi connectivity index (χ4n) is 5.16. The number of piperidine rings is 2. The van der Waals surface area contributed by atoms with Gasteiger partial charge in [0.2, 0.25) is 11.8 Å². The van der Waals surface area contributed by atoms with E-state index in [1.807, 2.05) is 17.0 Å². The smallest absolute Gasteiger partial charge is 0.224 e. The van der Waals surface area contributed by atoms with Crippen LogP contribution in [0.5, 0.6) is 0 Å². The molecular formula is C27H40N6O2. The first-order valence-corrected chi connectivity index (χ1v) is 13.2. The Morgan fingerprint density at radius 2 is 1.71 bits per heavy atom. The number of nitrogens with zero attached hydrogens (tertiary/aromatic N) is 5. The summed E-state index contributed by atoms with van der Waals surface area (Å²) in [6.45, 7) is 9.08. The van der Waals surface area contributed by atoms with E-state index in [1.54, 1.807) is 6.33 Å². The maximum absolute atomic E-state index is 12.7. The number of hydrogen-bond acceptors (Lipinski definition) is 5. The Morgan fingerprint density at radius 1 is 1.00 bits per heavy atom. The van der Waals surface area contributed by atoms with Gasteiger partial charge in [0.15, 0.2) is 0 Å². The van der Waals surface area contributed by atoms with E-state index in [4.69, 9.17) is 0 Å². The van der Waals surface area contributed by atoms with Crippen LogP contribution in [0.2, 0.25) is 0 Å². The summed E-state index contributed by atoms with van der Waals surface area (Å²) in [5.41, 5.74) is 2.06. The van der Waals surface area contributed by atoms with Crippen LogP contribution >= 0.6 is 0 Å². The maximum Gasteiger partial charge on any atom is 0.224 e. The third kappa shape index (κ3) is 7.37. The fourth-order valence-corrected chi connectivity index (χ4v) is 5.16. The zero-order valence-electron chi connectivity index (χ0n) is 21.3. The van der Waals surface area contributed by atoms with Crippen LogP contribution < -0.4 is 5.32 Å². The van der Waals surface area contributed by atoms with E-state index in [9.17, 15) is 9.59 Å². The standard InChI is InChI=1S/C27H40N6O2/c1-21(2)33-20-28-30-25(33)18-22-12-16-32(17-13-22)27(35)11-10-26(34)29-24-8-6-23(7-9-24)19-31-14-4-3-5-15-31/h6-9,20-22H,3-5,10-19H2,1-2H3,(H,29,34). The largest absolute Gasteiger partial charge is 0.343 e. The summed E-state index contributed by atoms with van der Waals surface area (Å²) in [5.74, 6) is 1.51. The van der Waals surface area contributed by atoms with Crippen molar-refractivity contribution in [3.63, 3.8) is 0 Å². The molecule has 1 N–H and O–H groups in total. The molecule has 190 valence electrons. The van der Waals surface area contributed by atoms with E-state index >= 15 is 0 Å². The molecular weight excluding hydrogens is 440 g/mol. The van der Waals surface area contributed by atoms with Gasteiger partial charge in [-0.2, -0.15) is 0 Å². The highest BCUT2D eigenvalue weighted by Crippen LogP contribution is 2.23. The highest BCUT2D eigenvalue weighted by Gasteiger charge is 2.25. The van der Waals surface area contributed by atoms with Gasteiger partial charge in [0, 0.05) is 50.6 Å². The lowest BCUT2D eigenvalue weighted by Gasteiger charge is -2.32. The third-order valence-electron chi connectivity index (χ3n) is 7.30. The normalized spacial score (nSPS) is 17.6. The summed E-state index contributed by atoms with van der Waals surface area (Å²) in [6.07, 6.45) is 9.01. The maximum atomic E-state index is 12.7. The topological polar surface area (TPSA) is 83.4 Å². The van der Waals surface area contributed by atoms with Crippen LogP contribution in [0.1, 0.15) is 76.2 Å². The lowest BCUT2D eigenvalue weighted by atomic mass is 9.93. The number of benzene rings is 1. The zero-order chi connectivity index (χ0) is 24.6. The van der Waals surface area contributed by atoms with Crippen LogP contribution in [0.15, 0.2) is 30.6 Å². The molecule has 0 spiro atoms. The van der Waals surface area contributed by atoms with Crippen molar-refractivity contribution in [1.29, 1.82) is 0 Å². The number of anilines is 1. The highest BCUT2D eigenvalue weighted by molar-refractivity contribution is 5.93. The SMILES string of the molecule is CC(C)n1cnnc1CC1CCN(C(=O)CCC(=O)Nc2ccc(CN3CCCCC3)cc2)CC1. The Labute approximate surface area is 209 Å². The summed E-state index contributed by atoms with van der Waals surface area (Å²) in [6, 6.07) is 8.45. The lowest BCUT2D eigenvalue weighted by molar-refractivity contribution is -0.134. The number of hydrogen-bond donors (Lipinski definition) is 1. The molecule has 2 aliphatic heterocycles. The van der Waals surface area contributed by atoms with Crippen molar-refractivity contribution in [2.24, 2.45) is 5.92 Å². The zero-order valence-corrected chi connectivity index (χ0v) is 21.3. The number of likely N-dealkylation sites (tertiary alicyclic amines) is 2.